The number of aliphatic carboxylic acids is 1. The number of piperidine rings is 2. The molecule has 2 aromatic carbocycles. The van der Waals surface area contributed by atoms with Gasteiger partial charge in [-0.2, -0.15) is 0 Å². The van der Waals surface area contributed by atoms with E-state index in [-0.39, 0.29) is 11.1 Å². The maximum Gasteiger partial charge on any atom is 0.350 e. The molecule has 0 aromatic heterocycles. The van der Waals surface area contributed by atoms with Crippen LogP contribution < -0.4 is 5.32 Å². The summed E-state index contributed by atoms with van der Waals surface area (Å²) in [7, 11) is 0. The van der Waals surface area contributed by atoms with Gasteiger partial charge in [-0.3, -0.25) is 4.90 Å². The van der Waals surface area contributed by atoms with Crippen molar-refractivity contribution < 1.29 is 14.3 Å². The molecule has 2 aromatic rings. The van der Waals surface area contributed by atoms with Crippen LogP contribution in [-0.4, -0.2) is 59.6 Å². The molecule has 2 fully saturated rings. The van der Waals surface area contributed by atoms with E-state index in [1.165, 1.54) is 32.4 Å². The average molecular weight is 450 g/mol. The zero-order valence-corrected chi connectivity index (χ0v) is 19.0. The Morgan fingerprint density at radius 1 is 0.970 bits per heavy atom. The number of benzene rings is 2. The summed E-state index contributed by atoms with van der Waals surface area (Å²) in [6.45, 7) is 4.36. The molecule has 0 spiro atoms. The van der Waals surface area contributed by atoms with E-state index >= 15 is 4.39 Å². The summed E-state index contributed by atoms with van der Waals surface area (Å²) in [4.78, 5) is 17.3. The Bertz CT molecular complexity index is 1030. The lowest BCUT2D eigenvalue weighted by atomic mass is 9.80. The van der Waals surface area contributed by atoms with E-state index in [1.807, 2.05) is 30.3 Å². The molecule has 0 amide bonds. The second-order valence-corrected chi connectivity index (χ2v) is 9.46. The van der Waals surface area contributed by atoms with Crippen LogP contribution in [-0.2, 0) is 10.5 Å². The first-order valence-electron chi connectivity index (χ1n) is 12.1. The van der Waals surface area contributed by atoms with Crippen LogP contribution in [0.4, 0.5) is 10.1 Å². The molecule has 0 aliphatic carbocycles. The predicted octanol–water partition coefficient (Wildman–Crippen LogP) is 4.72. The lowest BCUT2D eigenvalue weighted by Crippen LogP contribution is -2.49. The van der Waals surface area contributed by atoms with E-state index in [0.29, 0.717) is 24.0 Å². The van der Waals surface area contributed by atoms with Gasteiger partial charge in [-0.1, -0.05) is 55.0 Å². The van der Waals surface area contributed by atoms with Crippen molar-refractivity contribution in [3.63, 3.8) is 0 Å². The van der Waals surface area contributed by atoms with Crippen molar-refractivity contribution in [2.45, 2.75) is 43.8 Å². The Hall–Kier alpha value is -2.70. The number of alkyl halides is 1. The van der Waals surface area contributed by atoms with Gasteiger partial charge in [0.05, 0.1) is 5.70 Å². The summed E-state index contributed by atoms with van der Waals surface area (Å²) in [5, 5.41) is 13.5. The second-order valence-electron chi connectivity index (χ2n) is 9.46. The largest absolute Gasteiger partial charge is 0.478 e. The molecule has 0 bridgehead atoms. The van der Waals surface area contributed by atoms with Crippen molar-refractivity contribution in [1.82, 2.24) is 9.80 Å². The van der Waals surface area contributed by atoms with E-state index in [9.17, 15) is 9.90 Å². The Morgan fingerprint density at radius 2 is 1.64 bits per heavy atom. The van der Waals surface area contributed by atoms with Crippen LogP contribution >= 0.6 is 0 Å². The van der Waals surface area contributed by atoms with Crippen LogP contribution in [0.5, 0.6) is 0 Å². The maximum absolute atomic E-state index is 16.7. The van der Waals surface area contributed by atoms with E-state index < -0.39 is 11.6 Å². The summed E-state index contributed by atoms with van der Waals surface area (Å²) < 4.78 is 16.7. The number of hydrogen-bond donors (Lipinski definition) is 2. The summed E-state index contributed by atoms with van der Waals surface area (Å²) >= 11 is 0. The first-order valence-corrected chi connectivity index (χ1v) is 12.1. The molecule has 5 rings (SSSR count). The third-order valence-electron chi connectivity index (χ3n) is 7.48. The molecule has 1 unspecified atom stereocenters. The standard InChI is InChI=1S/C27H32FN3O2/c28-27(26(32)33)22-11-5-6-12-24(22)29-25(20-9-3-1-4-10-20)23(27)19-30-17-13-21(14-18-30)31-15-7-2-8-16-31/h1,3-6,9-12,21,29H,2,7-8,13-19H2,(H,32,33). The number of para-hydroxylation sites is 1. The fourth-order valence-corrected chi connectivity index (χ4v) is 5.67. The molecular weight excluding hydrogens is 417 g/mol. The molecule has 1 atom stereocenters. The van der Waals surface area contributed by atoms with Crippen molar-refractivity contribution in [3.8, 4) is 0 Å². The number of anilines is 1. The Balaban J connectivity index is 1.46. The number of carboxylic acids is 1. The minimum absolute atomic E-state index is 0.176. The summed E-state index contributed by atoms with van der Waals surface area (Å²) in [6.07, 6.45) is 5.98. The molecule has 3 heterocycles. The van der Waals surface area contributed by atoms with Crippen LogP contribution in [0.3, 0.4) is 0 Å². The van der Waals surface area contributed by atoms with Gasteiger partial charge < -0.3 is 15.3 Å². The van der Waals surface area contributed by atoms with E-state index in [1.54, 1.807) is 24.3 Å². The highest BCUT2D eigenvalue weighted by Gasteiger charge is 2.50. The number of rotatable bonds is 5. The zero-order chi connectivity index (χ0) is 22.8. The number of fused-ring (bicyclic) bond motifs is 1. The highest BCUT2D eigenvalue weighted by Crippen LogP contribution is 2.46. The molecule has 2 saturated heterocycles. The molecular formula is C27H32FN3O2. The molecule has 33 heavy (non-hydrogen) atoms. The number of nitrogens with zero attached hydrogens (tertiary/aromatic N) is 2. The van der Waals surface area contributed by atoms with Gasteiger partial charge in [0.2, 0.25) is 0 Å². The third-order valence-corrected chi connectivity index (χ3v) is 7.48. The van der Waals surface area contributed by atoms with Gasteiger partial charge in [0, 0.05) is 29.4 Å². The Morgan fingerprint density at radius 3 is 2.33 bits per heavy atom. The van der Waals surface area contributed by atoms with Gasteiger partial charge in [-0.05, 0) is 63.5 Å². The number of halogens is 1. The predicted molar refractivity (Wildman–Crippen MR) is 129 cm³/mol. The molecule has 0 radical (unpaired) electrons. The normalized spacial score (nSPS) is 24.9. The lowest BCUT2D eigenvalue weighted by molar-refractivity contribution is -0.149. The van der Waals surface area contributed by atoms with Crippen molar-refractivity contribution in [2.75, 3.05) is 38.0 Å². The van der Waals surface area contributed by atoms with Crippen LogP contribution in [0, 0.1) is 0 Å². The number of carbonyl (C=O) groups is 1. The quantitative estimate of drug-likeness (QED) is 0.692. The molecule has 3 aliphatic heterocycles. The van der Waals surface area contributed by atoms with Crippen molar-refractivity contribution in [1.29, 1.82) is 0 Å². The second kappa shape index (κ2) is 9.27. The lowest BCUT2D eigenvalue weighted by Gasteiger charge is -2.42. The third kappa shape index (κ3) is 4.18. The average Bonchev–Trinajstić information content (AvgIpc) is 2.87. The Kier molecular flexibility index (Phi) is 6.21. The van der Waals surface area contributed by atoms with Crippen LogP contribution in [0.1, 0.15) is 43.2 Å². The van der Waals surface area contributed by atoms with E-state index in [2.05, 4.69) is 15.1 Å². The Labute approximate surface area is 194 Å². The SMILES string of the molecule is O=C(O)C1(F)C(CN2CCC(N3CCCCC3)CC2)=C(c2ccccc2)Nc2ccccc21. The fourth-order valence-electron chi connectivity index (χ4n) is 5.67. The number of hydrogen-bond acceptors (Lipinski definition) is 4. The minimum atomic E-state index is -2.57. The number of nitrogens with one attached hydrogen (secondary N) is 1. The van der Waals surface area contributed by atoms with Gasteiger partial charge >= 0.3 is 5.97 Å². The fraction of sp³-hybridized carbons (Fsp3) is 0.444. The van der Waals surface area contributed by atoms with E-state index in [4.69, 9.17) is 0 Å². The molecule has 2 N–H and O–H groups in total. The number of carboxylic acid groups (broad SMARTS) is 1. The first kappa shape index (κ1) is 22.1. The van der Waals surface area contributed by atoms with Crippen LogP contribution in [0.15, 0.2) is 60.2 Å². The first-order chi connectivity index (χ1) is 16.1. The van der Waals surface area contributed by atoms with Gasteiger partial charge in [0.15, 0.2) is 0 Å². The smallest absolute Gasteiger partial charge is 0.350 e. The highest BCUT2D eigenvalue weighted by molar-refractivity contribution is 5.96. The highest BCUT2D eigenvalue weighted by atomic mass is 19.1. The van der Waals surface area contributed by atoms with Crippen molar-refractivity contribution in [2.24, 2.45) is 0 Å². The van der Waals surface area contributed by atoms with Crippen molar-refractivity contribution >= 4 is 17.4 Å². The summed E-state index contributed by atoms with van der Waals surface area (Å²) in [5.74, 6) is -1.46. The molecule has 6 heteroatoms. The molecule has 5 nitrogen and oxygen atoms in total. The topological polar surface area (TPSA) is 55.8 Å². The molecule has 174 valence electrons. The van der Waals surface area contributed by atoms with Gasteiger partial charge in [-0.15, -0.1) is 0 Å². The minimum Gasteiger partial charge on any atom is -0.478 e. The van der Waals surface area contributed by atoms with E-state index in [0.717, 1.165) is 31.5 Å². The molecule has 3 aliphatic rings. The number of likely N-dealkylation sites (tertiary alicyclic amines) is 2. The monoisotopic (exact) mass is 449 g/mol. The van der Waals surface area contributed by atoms with Crippen LogP contribution in [0.25, 0.3) is 5.70 Å². The van der Waals surface area contributed by atoms with Crippen molar-refractivity contribution in [3.05, 3.63) is 71.3 Å². The van der Waals surface area contributed by atoms with Crippen LogP contribution in [0.2, 0.25) is 0 Å². The maximum atomic E-state index is 16.7. The zero-order valence-electron chi connectivity index (χ0n) is 19.0. The van der Waals surface area contributed by atoms with Gasteiger partial charge in [0.25, 0.3) is 5.67 Å². The summed E-state index contributed by atoms with van der Waals surface area (Å²) in [5.41, 5.74) is -0.233. The molecule has 0 saturated carbocycles. The van der Waals surface area contributed by atoms with Gasteiger partial charge in [0.1, 0.15) is 0 Å². The van der Waals surface area contributed by atoms with Gasteiger partial charge in [-0.25, -0.2) is 9.18 Å². The summed E-state index contributed by atoms with van der Waals surface area (Å²) in [6, 6.07) is 16.9.